The van der Waals surface area contributed by atoms with Crippen molar-refractivity contribution in [3.8, 4) is 0 Å². The maximum atomic E-state index is 2.26. The van der Waals surface area contributed by atoms with Crippen LogP contribution in [-0.2, 0) is 0 Å². The summed E-state index contributed by atoms with van der Waals surface area (Å²) >= 11 is 0. The lowest BCUT2D eigenvalue weighted by molar-refractivity contribution is 1.26. The van der Waals surface area contributed by atoms with Gasteiger partial charge in [-0.1, -0.05) is 45.9 Å². The van der Waals surface area contributed by atoms with E-state index in [-0.39, 0.29) is 0 Å². The van der Waals surface area contributed by atoms with E-state index in [9.17, 15) is 0 Å². The molecule has 0 nitrogen and oxygen atoms in total. The minimum atomic E-state index is 1.32. The van der Waals surface area contributed by atoms with Gasteiger partial charge in [0.25, 0.3) is 0 Å². The van der Waals surface area contributed by atoms with E-state index in [0.29, 0.717) is 0 Å². The Bertz CT molecular complexity index is 508. The molecule has 0 N–H and O–H groups in total. The number of aryl methyl sites for hydroxylation is 4. The van der Waals surface area contributed by atoms with E-state index in [2.05, 4.69) is 64.1 Å². The summed E-state index contributed by atoms with van der Waals surface area (Å²) in [5.41, 5.74) is 5.35. The zero-order chi connectivity index (χ0) is 13.1. The molecule has 2 heteroatoms. The van der Waals surface area contributed by atoms with Gasteiger partial charge in [-0.15, -0.1) is 0 Å². The third-order valence-electron chi connectivity index (χ3n) is 2.91. The number of hydrogen-bond acceptors (Lipinski definition) is 2. The maximum Gasteiger partial charge on any atom is 0.0218 e. The highest BCUT2D eigenvalue weighted by molar-refractivity contribution is 8.76. The molecule has 0 aliphatic rings. The van der Waals surface area contributed by atoms with Gasteiger partial charge >= 0.3 is 0 Å². The molecular formula is C16H18S2. The molecule has 0 amide bonds. The Morgan fingerprint density at radius 3 is 1.39 bits per heavy atom. The van der Waals surface area contributed by atoms with Crippen LogP contribution >= 0.6 is 21.6 Å². The molecule has 0 spiro atoms. The van der Waals surface area contributed by atoms with E-state index in [1.54, 1.807) is 0 Å². The van der Waals surface area contributed by atoms with Crippen LogP contribution in [0.15, 0.2) is 46.2 Å². The third kappa shape index (κ3) is 3.33. The van der Waals surface area contributed by atoms with Gasteiger partial charge in [-0.3, -0.25) is 0 Å². The first-order valence-corrected chi connectivity index (χ1v) is 8.20. The molecule has 0 aliphatic heterocycles. The minimum absolute atomic E-state index is 1.32. The van der Waals surface area contributed by atoms with E-state index in [4.69, 9.17) is 0 Å². The zero-order valence-corrected chi connectivity index (χ0v) is 12.9. The van der Waals surface area contributed by atoms with Gasteiger partial charge in [0, 0.05) is 9.79 Å². The summed E-state index contributed by atoms with van der Waals surface area (Å²) in [6.45, 7) is 8.63. The standard InChI is InChI=1S/C16H18S2/c1-11-5-7-13(3)15(9-11)17-18-16-10-12(2)6-8-14(16)4/h5-10H,1-4H3. The lowest BCUT2D eigenvalue weighted by atomic mass is 10.2. The van der Waals surface area contributed by atoms with E-state index < -0.39 is 0 Å². The van der Waals surface area contributed by atoms with E-state index in [1.807, 2.05) is 21.6 Å². The number of benzene rings is 2. The van der Waals surface area contributed by atoms with Crippen molar-refractivity contribution in [2.45, 2.75) is 37.5 Å². The quantitative estimate of drug-likeness (QED) is 0.656. The van der Waals surface area contributed by atoms with Crippen molar-refractivity contribution in [1.29, 1.82) is 0 Å². The topological polar surface area (TPSA) is 0 Å². The fourth-order valence-corrected chi connectivity index (χ4v) is 4.35. The monoisotopic (exact) mass is 274 g/mol. The number of hydrogen-bond donors (Lipinski definition) is 0. The van der Waals surface area contributed by atoms with Crippen molar-refractivity contribution in [2.24, 2.45) is 0 Å². The van der Waals surface area contributed by atoms with Crippen molar-refractivity contribution in [3.05, 3.63) is 58.7 Å². The molecule has 2 aromatic carbocycles. The Hall–Kier alpha value is -0.860. The van der Waals surface area contributed by atoms with Crippen LogP contribution in [0.5, 0.6) is 0 Å². The van der Waals surface area contributed by atoms with Crippen LogP contribution in [0.2, 0.25) is 0 Å². The van der Waals surface area contributed by atoms with E-state index in [0.717, 1.165) is 0 Å². The second-order valence-corrected chi connectivity index (χ2v) is 6.92. The SMILES string of the molecule is Cc1ccc(C)c(SSc2cc(C)ccc2C)c1. The highest BCUT2D eigenvalue weighted by Crippen LogP contribution is 2.40. The predicted octanol–water partition coefficient (Wildman–Crippen LogP) is 5.72. The molecule has 0 radical (unpaired) electrons. The van der Waals surface area contributed by atoms with Crippen LogP contribution in [0.25, 0.3) is 0 Å². The summed E-state index contributed by atoms with van der Waals surface area (Å²) < 4.78 is 0. The van der Waals surface area contributed by atoms with E-state index >= 15 is 0 Å². The van der Waals surface area contributed by atoms with Crippen molar-refractivity contribution < 1.29 is 0 Å². The van der Waals surface area contributed by atoms with Crippen LogP contribution in [0.1, 0.15) is 22.3 Å². The molecule has 0 atom stereocenters. The minimum Gasteiger partial charge on any atom is -0.0590 e. The largest absolute Gasteiger partial charge is 0.0590 e. The molecule has 0 aliphatic carbocycles. The Morgan fingerprint density at radius 2 is 1.00 bits per heavy atom. The van der Waals surface area contributed by atoms with Crippen LogP contribution in [0.4, 0.5) is 0 Å². The second-order valence-electron chi connectivity index (χ2n) is 4.70. The van der Waals surface area contributed by atoms with Crippen molar-refractivity contribution in [3.63, 3.8) is 0 Å². The average Bonchev–Trinajstić information content (AvgIpc) is 2.34. The lowest BCUT2D eigenvalue weighted by Gasteiger charge is -2.08. The highest BCUT2D eigenvalue weighted by Gasteiger charge is 2.04. The molecule has 0 unspecified atom stereocenters. The first kappa shape index (κ1) is 13.6. The molecular weight excluding hydrogens is 256 g/mol. The first-order valence-electron chi connectivity index (χ1n) is 6.05. The summed E-state index contributed by atoms with van der Waals surface area (Å²) in [7, 11) is 3.71. The summed E-state index contributed by atoms with van der Waals surface area (Å²) in [5, 5.41) is 0. The molecule has 0 saturated carbocycles. The van der Waals surface area contributed by atoms with Crippen molar-refractivity contribution >= 4 is 21.6 Å². The van der Waals surface area contributed by atoms with Gasteiger partial charge in [0.1, 0.15) is 0 Å². The Morgan fingerprint density at radius 1 is 0.611 bits per heavy atom. The highest BCUT2D eigenvalue weighted by atomic mass is 33.1. The van der Waals surface area contributed by atoms with Gasteiger partial charge < -0.3 is 0 Å². The van der Waals surface area contributed by atoms with Gasteiger partial charge in [-0.2, -0.15) is 0 Å². The molecule has 0 saturated heterocycles. The molecule has 0 aromatic heterocycles. The molecule has 0 heterocycles. The Balaban J connectivity index is 2.16. The summed E-state index contributed by atoms with van der Waals surface area (Å²) in [6, 6.07) is 13.3. The van der Waals surface area contributed by atoms with Crippen molar-refractivity contribution in [1.82, 2.24) is 0 Å². The molecule has 18 heavy (non-hydrogen) atoms. The maximum absolute atomic E-state index is 2.26. The van der Waals surface area contributed by atoms with Gasteiger partial charge in [0.05, 0.1) is 0 Å². The van der Waals surface area contributed by atoms with Crippen LogP contribution in [-0.4, -0.2) is 0 Å². The van der Waals surface area contributed by atoms with Crippen LogP contribution < -0.4 is 0 Å². The normalized spacial score (nSPS) is 10.7. The molecule has 94 valence electrons. The van der Waals surface area contributed by atoms with Gasteiger partial charge in [-0.05, 0) is 62.1 Å². The smallest absolute Gasteiger partial charge is 0.0218 e. The molecule has 2 aromatic rings. The van der Waals surface area contributed by atoms with Crippen LogP contribution in [0.3, 0.4) is 0 Å². The summed E-state index contributed by atoms with van der Waals surface area (Å²) in [6.07, 6.45) is 0. The first-order chi connectivity index (χ1) is 8.56. The molecule has 0 fully saturated rings. The fourth-order valence-electron chi connectivity index (χ4n) is 1.68. The molecule has 0 bridgehead atoms. The number of rotatable bonds is 3. The van der Waals surface area contributed by atoms with E-state index in [1.165, 1.54) is 32.0 Å². The average molecular weight is 274 g/mol. The zero-order valence-electron chi connectivity index (χ0n) is 11.3. The summed E-state index contributed by atoms with van der Waals surface area (Å²) in [4.78, 5) is 2.72. The van der Waals surface area contributed by atoms with Gasteiger partial charge in [0.2, 0.25) is 0 Å². The Labute approximate surface area is 118 Å². The molecule has 2 rings (SSSR count). The fraction of sp³-hybridized carbons (Fsp3) is 0.250. The lowest BCUT2D eigenvalue weighted by Crippen LogP contribution is -1.82. The van der Waals surface area contributed by atoms with Gasteiger partial charge in [-0.25, -0.2) is 0 Å². The third-order valence-corrected chi connectivity index (χ3v) is 5.56. The second kappa shape index (κ2) is 5.85. The Kier molecular flexibility index (Phi) is 4.41. The van der Waals surface area contributed by atoms with Crippen molar-refractivity contribution in [2.75, 3.05) is 0 Å². The van der Waals surface area contributed by atoms with Crippen LogP contribution in [0, 0.1) is 27.7 Å². The summed E-state index contributed by atoms with van der Waals surface area (Å²) in [5.74, 6) is 0. The van der Waals surface area contributed by atoms with Gasteiger partial charge in [0.15, 0.2) is 0 Å². The predicted molar refractivity (Wildman–Crippen MR) is 83.5 cm³/mol.